The molecule has 1 aliphatic rings. The molecule has 1 saturated carbocycles. The minimum Gasteiger partial charge on any atom is -0.506 e. The first-order valence-electron chi connectivity index (χ1n) is 10.2. The number of hydrogen-bond acceptors (Lipinski definition) is 4. The van der Waals surface area contributed by atoms with Crippen LogP contribution >= 0.6 is 11.6 Å². The smallest absolute Gasteiger partial charge is 0.271 e. The van der Waals surface area contributed by atoms with E-state index in [9.17, 15) is 14.7 Å². The second-order valence-corrected chi connectivity index (χ2v) is 7.99. The number of hydrazone groups is 1. The van der Waals surface area contributed by atoms with Crippen molar-refractivity contribution in [2.24, 2.45) is 11.0 Å². The number of benzene rings is 3. The maximum atomic E-state index is 12.6. The molecule has 0 spiro atoms. The molecule has 1 aliphatic carbocycles. The number of phenols is 1. The Morgan fingerprint density at radius 3 is 2.52 bits per heavy atom. The number of hydrogen-bond donors (Lipinski definition) is 3. The highest BCUT2D eigenvalue weighted by molar-refractivity contribution is 6.32. The van der Waals surface area contributed by atoms with Crippen molar-refractivity contribution in [1.82, 2.24) is 5.43 Å². The highest BCUT2D eigenvalue weighted by Crippen LogP contribution is 2.30. The highest BCUT2D eigenvalue weighted by Gasteiger charge is 2.23. The van der Waals surface area contributed by atoms with Gasteiger partial charge in [-0.2, -0.15) is 5.10 Å². The minimum atomic E-state index is -0.442. The quantitative estimate of drug-likeness (QED) is 0.385. The van der Waals surface area contributed by atoms with Gasteiger partial charge in [0.15, 0.2) is 0 Å². The maximum Gasteiger partial charge on any atom is 0.271 e. The van der Waals surface area contributed by atoms with Crippen molar-refractivity contribution in [3.63, 3.8) is 0 Å². The minimum absolute atomic E-state index is 0.0730. The lowest BCUT2D eigenvalue weighted by molar-refractivity contribution is -0.119. The number of carbonyl (C=O) groups excluding carboxylic acids is 2. The van der Waals surface area contributed by atoms with Crippen LogP contribution in [0.3, 0.4) is 0 Å². The first kappa shape index (κ1) is 20.9. The van der Waals surface area contributed by atoms with Crippen LogP contribution in [-0.2, 0) is 4.79 Å². The van der Waals surface area contributed by atoms with Crippen LogP contribution in [0.25, 0.3) is 10.8 Å². The first-order chi connectivity index (χ1) is 15.0. The van der Waals surface area contributed by atoms with E-state index in [-0.39, 0.29) is 28.2 Å². The van der Waals surface area contributed by atoms with Crippen LogP contribution in [-0.4, -0.2) is 23.1 Å². The van der Waals surface area contributed by atoms with Crippen molar-refractivity contribution in [3.05, 3.63) is 70.7 Å². The summed E-state index contributed by atoms with van der Waals surface area (Å²) >= 11 is 5.85. The zero-order chi connectivity index (χ0) is 21.8. The largest absolute Gasteiger partial charge is 0.506 e. The Labute approximate surface area is 184 Å². The molecule has 0 radical (unpaired) electrons. The van der Waals surface area contributed by atoms with Crippen LogP contribution in [0.2, 0.25) is 5.02 Å². The van der Waals surface area contributed by atoms with Crippen molar-refractivity contribution < 1.29 is 14.7 Å². The molecular formula is C24H22ClN3O3. The Bertz CT molecular complexity index is 1170. The molecule has 0 heterocycles. The van der Waals surface area contributed by atoms with Gasteiger partial charge in [0.1, 0.15) is 5.75 Å². The van der Waals surface area contributed by atoms with Crippen molar-refractivity contribution >= 4 is 46.1 Å². The molecule has 158 valence electrons. The molecule has 0 aromatic heterocycles. The molecule has 0 aliphatic heterocycles. The van der Waals surface area contributed by atoms with Crippen LogP contribution in [0.1, 0.15) is 41.6 Å². The summed E-state index contributed by atoms with van der Waals surface area (Å²) in [6, 6.07) is 15.6. The number of aromatic hydroxyl groups is 1. The Kier molecular flexibility index (Phi) is 6.18. The molecule has 0 saturated heterocycles. The zero-order valence-corrected chi connectivity index (χ0v) is 17.5. The van der Waals surface area contributed by atoms with E-state index in [0.717, 1.165) is 47.7 Å². The van der Waals surface area contributed by atoms with Crippen molar-refractivity contribution in [2.45, 2.75) is 25.7 Å². The molecule has 3 aromatic carbocycles. The number of anilines is 1. The summed E-state index contributed by atoms with van der Waals surface area (Å²) in [5.41, 5.74) is 4.32. The lowest BCUT2D eigenvalue weighted by atomic mass is 10.0. The highest BCUT2D eigenvalue weighted by atomic mass is 35.5. The van der Waals surface area contributed by atoms with Gasteiger partial charge in [-0.3, -0.25) is 9.59 Å². The normalized spacial score (nSPS) is 14.2. The van der Waals surface area contributed by atoms with E-state index in [2.05, 4.69) is 15.8 Å². The SMILES string of the molecule is O=C(N/N=C/c1ccc(NC(=O)C2CCCC2)c2ccccc12)c1ccc(O)c(Cl)c1. The Balaban J connectivity index is 1.52. The molecular weight excluding hydrogens is 414 g/mol. The van der Waals surface area contributed by atoms with Crippen LogP contribution in [0, 0.1) is 5.92 Å². The average molecular weight is 436 g/mol. The van der Waals surface area contributed by atoms with E-state index in [1.807, 2.05) is 36.4 Å². The molecule has 0 bridgehead atoms. The van der Waals surface area contributed by atoms with Gasteiger partial charge in [0.05, 0.1) is 11.2 Å². The standard InChI is InChI=1S/C24H22ClN3O3/c25-20-13-16(10-12-22(20)29)24(31)28-26-14-17-9-11-21(19-8-4-3-7-18(17)19)27-23(30)15-5-1-2-6-15/h3-4,7-15,29H,1-2,5-6H2,(H,27,30)(H,28,31)/b26-14+. The van der Waals surface area contributed by atoms with Gasteiger partial charge in [0, 0.05) is 28.1 Å². The number of nitrogens with one attached hydrogen (secondary N) is 2. The zero-order valence-electron chi connectivity index (χ0n) is 16.8. The Morgan fingerprint density at radius 2 is 1.77 bits per heavy atom. The first-order valence-corrected chi connectivity index (χ1v) is 10.6. The summed E-state index contributed by atoms with van der Waals surface area (Å²) in [6.45, 7) is 0. The van der Waals surface area contributed by atoms with Gasteiger partial charge in [-0.25, -0.2) is 5.43 Å². The third kappa shape index (κ3) is 4.70. The van der Waals surface area contributed by atoms with Crippen molar-refractivity contribution in [3.8, 4) is 5.75 Å². The summed E-state index contributed by atoms with van der Waals surface area (Å²) in [6.07, 6.45) is 5.67. The number of nitrogens with zero attached hydrogens (tertiary/aromatic N) is 1. The van der Waals surface area contributed by atoms with Gasteiger partial charge in [-0.1, -0.05) is 54.8 Å². The van der Waals surface area contributed by atoms with Gasteiger partial charge >= 0.3 is 0 Å². The van der Waals surface area contributed by atoms with Crippen LogP contribution < -0.4 is 10.7 Å². The van der Waals surface area contributed by atoms with Gasteiger partial charge in [-0.15, -0.1) is 0 Å². The van der Waals surface area contributed by atoms with Crippen LogP contribution in [0.5, 0.6) is 5.75 Å². The lowest BCUT2D eigenvalue weighted by Gasteiger charge is -2.13. The van der Waals surface area contributed by atoms with Crippen molar-refractivity contribution in [1.29, 1.82) is 0 Å². The molecule has 1 fully saturated rings. The fourth-order valence-corrected chi connectivity index (χ4v) is 4.02. The van der Waals surface area contributed by atoms with Gasteiger partial charge in [0.25, 0.3) is 5.91 Å². The number of halogens is 1. The van der Waals surface area contributed by atoms with E-state index in [1.54, 1.807) is 6.21 Å². The molecule has 6 nitrogen and oxygen atoms in total. The fourth-order valence-electron chi connectivity index (χ4n) is 3.84. The van der Waals surface area contributed by atoms with Crippen LogP contribution in [0.4, 0.5) is 5.69 Å². The van der Waals surface area contributed by atoms with Gasteiger partial charge in [-0.05, 0) is 42.5 Å². The molecule has 4 rings (SSSR count). The molecule has 0 unspecified atom stereocenters. The third-order valence-corrected chi connectivity index (χ3v) is 5.82. The number of rotatable bonds is 5. The summed E-state index contributed by atoms with van der Waals surface area (Å²) in [5.74, 6) is -0.372. The number of phenolic OH excluding ortho intramolecular Hbond substituents is 1. The van der Waals surface area contributed by atoms with Gasteiger partial charge in [0.2, 0.25) is 5.91 Å². The topological polar surface area (TPSA) is 90.8 Å². The molecule has 7 heteroatoms. The number of fused-ring (bicyclic) bond motifs is 1. The van der Waals surface area contributed by atoms with Gasteiger partial charge < -0.3 is 10.4 Å². The fraction of sp³-hybridized carbons (Fsp3) is 0.208. The van der Waals surface area contributed by atoms with E-state index >= 15 is 0 Å². The number of carbonyl (C=O) groups is 2. The van der Waals surface area contributed by atoms with E-state index in [1.165, 1.54) is 18.2 Å². The lowest BCUT2D eigenvalue weighted by Crippen LogP contribution is -2.20. The van der Waals surface area contributed by atoms with E-state index in [4.69, 9.17) is 11.6 Å². The Hall–Kier alpha value is -3.38. The third-order valence-electron chi connectivity index (χ3n) is 5.52. The predicted molar refractivity (Wildman–Crippen MR) is 123 cm³/mol. The summed E-state index contributed by atoms with van der Waals surface area (Å²) in [5, 5.41) is 18.5. The molecule has 2 amide bonds. The predicted octanol–water partition coefficient (Wildman–Crippen LogP) is 5.09. The monoisotopic (exact) mass is 435 g/mol. The summed E-state index contributed by atoms with van der Waals surface area (Å²) < 4.78 is 0. The second kappa shape index (κ2) is 9.18. The van der Waals surface area contributed by atoms with Crippen molar-refractivity contribution in [2.75, 3.05) is 5.32 Å². The Morgan fingerprint density at radius 1 is 1.03 bits per heavy atom. The summed E-state index contributed by atoms with van der Waals surface area (Å²) in [7, 11) is 0. The molecule has 3 N–H and O–H groups in total. The molecule has 0 atom stereocenters. The number of amides is 2. The summed E-state index contributed by atoms with van der Waals surface area (Å²) in [4.78, 5) is 24.8. The maximum absolute atomic E-state index is 12.6. The van der Waals surface area contributed by atoms with E-state index < -0.39 is 5.91 Å². The average Bonchev–Trinajstić information content (AvgIpc) is 3.32. The molecule has 3 aromatic rings. The molecule has 31 heavy (non-hydrogen) atoms. The second-order valence-electron chi connectivity index (χ2n) is 7.58. The van der Waals surface area contributed by atoms with E-state index in [0.29, 0.717) is 0 Å². The van der Waals surface area contributed by atoms with Crippen LogP contribution in [0.15, 0.2) is 59.7 Å².